The quantitative estimate of drug-likeness (QED) is 0.652. The van der Waals surface area contributed by atoms with Crippen LogP contribution in [0.4, 0.5) is 11.4 Å². The van der Waals surface area contributed by atoms with Crippen molar-refractivity contribution in [1.82, 2.24) is 9.13 Å². The van der Waals surface area contributed by atoms with Crippen molar-refractivity contribution in [2.75, 3.05) is 11.9 Å². The number of nitrogens with one attached hydrogen (secondary N) is 1. The molecule has 0 amide bonds. The highest BCUT2D eigenvalue weighted by molar-refractivity contribution is 5.62. The van der Waals surface area contributed by atoms with E-state index in [9.17, 15) is 14.9 Å². The largest absolute Gasteiger partial charge is 0.380 e. The molecule has 0 atom stereocenters. The van der Waals surface area contributed by atoms with Crippen molar-refractivity contribution in [2.24, 2.45) is 0 Å². The second-order valence-electron chi connectivity index (χ2n) is 4.63. The minimum atomic E-state index is -0.415. The van der Waals surface area contributed by atoms with E-state index in [1.54, 1.807) is 29.1 Å². The summed E-state index contributed by atoms with van der Waals surface area (Å²) in [7, 11) is 0. The zero-order valence-electron chi connectivity index (χ0n) is 12.1. The Morgan fingerprint density at radius 1 is 1.24 bits per heavy atom. The van der Waals surface area contributed by atoms with Crippen LogP contribution in [0.25, 0.3) is 0 Å². The Balaban J connectivity index is 2.32. The first-order chi connectivity index (χ1) is 10.1. The molecule has 7 heteroatoms. The van der Waals surface area contributed by atoms with Crippen LogP contribution in [0.3, 0.4) is 0 Å². The average molecular weight is 290 g/mol. The van der Waals surface area contributed by atoms with E-state index in [1.165, 1.54) is 10.6 Å². The van der Waals surface area contributed by atoms with Crippen molar-refractivity contribution in [2.45, 2.75) is 26.9 Å². The van der Waals surface area contributed by atoms with Crippen LogP contribution in [0.15, 0.2) is 35.4 Å². The van der Waals surface area contributed by atoms with Crippen molar-refractivity contribution in [3.63, 3.8) is 0 Å². The number of nitro groups is 1. The number of anilines is 1. The van der Waals surface area contributed by atoms with Crippen LogP contribution < -0.4 is 11.0 Å². The van der Waals surface area contributed by atoms with Gasteiger partial charge in [-0.25, -0.2) is 4.79 Å². The Bertz CT molecular complexity index is 702. The molecule has 0 unspecified atom stereocenters. The third kappa shape index (κ3) is 3.13. The summed E-state index contributed by atoms with van der Waals surface area (Å²) >= 11 is 0. The fourth-order valence-corrected chi connectivity index (χ4v) is 2.18. The molecule has 2 aromatic rings. The van der Waals surface area contributed by atoms with E-state index in [4.69, 9.17) is 0 Å². The predicted molar refractivity (Wildman–Crippen MR) is 80.7 cm³/mol. The topological polar surface area (TPSA) is 82.1 Å². The van der Waals surface area contributed by atoms with Crippen LogP contribution >= 0.6 is 0 Å². The molecule has 112 valence electrons. The molecule has 0 spiro atoms. The van der Waals surface area contributed by atoms with Gasteiger partial charge in [0.1, 0.15) is 5.69 Å². The lowest BCUT2D eigenvalue weighted by Crippen LogP contribution is -2.23. The van der Waals surface area contributed by atoms with Gasteiger partial charge in [0.05, 0.1) is 11.5 Å². The summed E-state index contributed by atoms with van der Waals surface area (Å²) in [5, 5.41) is 14.1. The fourth-order valence-electron chi connectivity index (χ4n) is 2.18. The summed E-state index contributed by atoms with van der Waals surface area (Å²) in [6.07, 6.45) is 3.40. The van der Waals surface area contributed by atoms with Crippen LogP contribution in [-0.4, -0.2) is 20.6 Å². The molecule has 0 bridgehead atoms. The highest BCUT2D eigenvalue weighted by atomic mass is 16.6. The van der Waals surface area contributed by atoms with E-state index in [-0.39, 0.29) is 11.4 Å². The van der Waals surface area contributed by atoms with Gasteiger partial charge in [0.25, 0.3) is 5.69 Å². The zero-order chi connectivity index (χ0) is 15.4. The molecule has 0 aliphatic rings. The maximum atomic E-state index is 12.0. The van der Waals surface area contributed by atoms with Crippen molar-refractivity contribution in [3.8, 4) is 0 Å². The van der Waals surface area contributed by atoms with Crippen LogP contribution in [0.1, 0.15) is 19.4 Å². The van der Waals surface area contributed by atoms with Gasteiger partial charge < -0.3 is 5.32 Å². The van der Waals surface area contributed by atoms with Gasteiger partial charge >= 0.3 is 5.69 Å². The maximum Gasteiger partial charge on any atom is 0.328 e. The molecule has 1 aromatic heterocycles. The molecule has 21 heavy (non-hydrogen) atoms. The molecule has 0 radical (unpaired) electrons. The third-order valence-corrected chi connectivity index (χ3v) is 3.24. The molecule has 1 heterocycles. The van der Waals surface area contributed by atoms with Gasteiger partial charge in [0.2, 0.25) is 0 Å². The second-order valence-corrected chi connectivity index (χ2v) is 4.63. The Morgan fingerprint density at radius 3 is 2.52 bits per heavy atom. The van der Waals surface area contributed by atoms with Crippen molar-refractivity contribution in [1.29, 1.82) is 0 Å². The minimum Gasteiger partial charge on any atom is -0.380 e. The monoisotopic (exact) mass is 290 g/mol. The summed E-state index contributed by atoms with van der Waals surface area (Å²) in [5.74, 6) is 0. The third-order valence-electron chi connectivity index (χ3n) is 3.24. The van der Waals surface area contributed by atoms with E-state index < -0.39 is 4.92 Å². The predicted octanol–water partition coefficient (Wildman–Crippen LogP) is 2.06. The van der Waals surface area contributed by atoms with Crippen molar-refractivity contribution >= 4 is 11.4 Å². The van der Waals surface area contributed by atoms with Crippen LogP contribution in [0.5, 0.6) is 0 Å². The molecule has 2 rings (SSSR count). The molecular formula is C14H18N4O3. The fraction of sp³-hybridized carbons (Fsp3) is 0.357. The number of imidazole rings is 1. The molecular weight excluding hydrogens is 272 g/mol. The Labute approximate surface area is 122 Å². The normalized spacial score (nSPS) is 10.6. The van der Waals surface area contributed by atoms with Crippen LogP contribution in [0, 0.1) is 10.1 Å². The first kappa shape index (κ1) is 14.8. The lowest BCUT2D eigenvalue weighted by atomic mass is 10.1. The first-order valence-electron chi connectivity index (χ1n) is 6.83. The lowest BCUT2D eigenvalue weighted by molar-refractivity contribution is -0.384. The summed E-state index contributed by atoms with van der Waals surface area (Å²) in [5.41, 5.74) is 1.12. The summed E-state index contributed by atoms with van der Waals surface area (Å²) in [6.45, 7) is 5.30. The smallest absolute Gasteiger partial charge is 0.328 e. The van der Waals surface area contributed by atoms with Crippen LogP contribution in [-0.2, 0) is 13.1 Å². The SMILES string of the molecule is CCNc1ccc(Cn2ccn(CC)c2=O)cc1[N+](=O)[O-]. The summed E-state index contributed by atoms with van der Waals surface area (Å²) in [4.78, 5) is 22.7. The molecule has 0 saturated carbocycles. The number of aryl methyl sites for hydroxylation is 1. The van der Waals surface area contributed by atoms with Crippen molar-refractivity contribution < 1.29 is 4.92 Å². The number of hydrogen-bond acceptors (Lipinski definition) is 4. The van der Waals surface area contributed by atoms with Gasteiger partial charge in [-0.15, -0.1) is 0 Å². The van der Waals surface area contributed by atoms with E-state index in [2.05, 4.69) is 5.32 Å². The molecule has 1 aromatic carbocycles. The standard InChI is InChI=1S/C14H18N4O3/c1-3-15-12-6-5-11(9-13(12)18(20)21)10-17-8-7-16(4-2)14(17)19/h5-9,15H,3-4,10H2,1-2H3. The number of benzene rings is 1. The molecule has 0 saturated heterocycles. The lowest BCUT2D eigenvalue weighted by Gasteiger charge is -2.07. The Kier molecular flexibility index (Phi) is 4.42. The molecule has 1 N–H and O–H groups in total. The van der Waals surface area contributed by atoms with E-state index in [1.807, 2.05) is 13.8 Å². The van der Waals surface area contributed by atoms with Gasteiger partial charge in [-0.1, -0.05) is 6.07 Å². The number of nitro benzene ring substituents is 1. The van der Waals surface area contributed by atoms with E-state index >= 15 is 0 Å². The Morgan fingerprint density at radius 2 is 1.95 bits per heavy atom. The second kappa shape index (κ2) is 6.25. The number of rotatable bonds is 6. The van der Waals surface area contributed by atoms with Gasteiger partial charge in [-0.2, -0.15) is 0 Å². The summed E-state index contributed by atoms with van der Waals surface area (Å²) < 4.78 is 3.12. The molecule has 0 fully saturated rings. The highest BCUT2D eigenvalue weighted by Gasteiger charge is 2.14. The van der Waals surface area contributed by atoms with Gasteiger partial charge in [-0.3, -0.25) is 19.2 Å². The zero-order valence-corrected chi connectivity index (χ0v) is 12.1. The van der Waals surface area contributed by atoms with Crippen molar-refractivity contribution in [3.05, 3.63) is 56.8 Å². The number of nitrogens with zero attached hydrogens (tertiary/aromatic N) is 3. The molecule has 0 aliphatic heterocycles. The highest BCUT2D eigenvalue weighted by Crippen LogP contribution is 2.25. The van der Waals surface area contributed by atoms with Gasteiger partial charge in [-0.05, 0) is 25.5 Å². The minimum absolute atomic E-state index is 0.0253. The van der Waals surface area contributed by atoms with Crippen LogP contribution in [0.2, 0.25) is 0 Å². The maximum absolute atomic E-state index is 12.0. The average Bonchev–Trinajstić information content (AvgIpc) is 2.81. The van der Waals surface area contributed by atoms with Gasteiger partial charge in [0.15, 0.2) is 0 Å². The van der Waals surface area contributed by atoms with Gasteiger partial charge in [0, 0.05) is 31.5 Å². The summed E-state index contributed by atoms with van der Waals surface area (Å²) in [6, 6.07) is 4.98. The number of hydrogen-bond donors (Lipinski definition) is 1. The molecule has 0 aliphatic carbocycles. The number of aromatic nitrogens is 2. The first-order valence-corrected chi connectivity index (χ1v) is 6.83. The molecule has 7 nitrogen and oxygen atoms in total. The van der Waals surface area contributed by atoms with E-state index in [0.29, 0.717) is 25.3 Å². The Hall–Kier alpha value is -2.57. The van der Waals surface area contributed by atoms with E-state index in [0.717, 1.165) is 5.56 Å².